The van der Waals surface area contributed by atoms with Crippen LogP contribution in [0.4, 0.5) is 5.69 Å². The van der Waals surface area contributed by atoms with Gasteiger partial charge in [0.2, 0.25) is 5.91 Å². The minimum atomic E-state index is -0.502. The van der Waals surface area contributed by atoms with Crippen molar-refractivity contribution in [2.24, 2.45) is 5.73 Å². The highest BCUT2D eigenvalue weighted by molar-refractivity contribution is 7.98. The van der Waals surface area contributed by atoms with Gasteiger partial charge in [-0.2, -0.15) is 11.8 Å². The third-order valence-electron chi connectivity index (χ3n) is 3.03. The van der Waals surface area contributed by atoms with Gasteiger partial charge in [-0.25, -0.2) is 0 Å². The van der Waals surface area contributed by atoms with Crippen LogP contribution in [0.3, 0.4) is 0 Å². The Morgan fingerprint density at radius 3 is 2.62 bits per heavy atom. The number of nitrogens with two attached hydrogens (primary N) is 1. The smallest absolute Gasteiger partial charge is 0.264 e. The molecular weight excluding hydrogens is 288 g/mol. The van der Waals surface area contributed by atoms with E-state index in [1.807, 2.05) is 18.4 Å². The van der Waals surface area contributed by atoms with Gasteiger partial charge >= 0.3 is 0 Å². The molecule has 0 fully saturated rings. The second kappa shape index (κ2) is 7.14. The highest BCUT2D eigenvalue weighted by Crippen LogP contribution is 2.18. The third-order valence-corrected chi connectivity index (χ3v) is 3.67. The van der Waals surface area contributed by atoms with Gasteiger partial charge in [-0.15, -0.1) is 0 Å². The number of amides is 1. The van der Waals surface area contributed by atoms with Crippen molar-refractivity contribution in [2.75, 3.05) is 17.3 Å². The lowest BCUT2D eigenvalue weighted by atomic mass is 10.1. The molecule has 5 N–H and O–H groups in total. The van der Waals surface area contributed by atoms with E-state index in [4.69, 9.17) is 5.73 Å². The maximum Gasteiger partial charge on any atom is 0.264 e. The van der Waals surface area contributed by atoms with E-state index < -0.39 is 6.04 Å². The van der Waals surface area contributed by atoms with Crippen molar-refractivity contribution < 1.29 is 4.79 Å². The molecule has 7 heteroatoms. The van der Waals surface area contributed by atoms with Crippen molar-refractivity contribution in [1.82, 2.24) is 10.2 Å². The number of carbonyl (C=O) groups is 1. The van der Waals surface area contributed by atoms with E-state index in [-0.39, 0.29) is 11.5 Å². The summed E-state index contributed by atoms with van der Waals surface area (Å²) in [6.07, 6.45) is 2.63. The number of H-pyrrole nitrogens is 2. The first-order chi connectivity index (χ1) is 10.1. The molecule has 112 valence electrons. The largest absolute Gasteiger partial charge is 0.325 e. The molecule has 2 aromatic rings. The predicted octanol–water partition coefficient (Wildman–Crippen LogP) is 1.39. The number of rotatable bonds is 6. The van der Waals surface area contributed by atoms with Gasteiger partial charge in [0.1, 0.15) is 0 Å². The number of benzene rings is 1. The Labute approximate surface area is 126 Å². The lowest BCUT2D eigenvalue weighted by Gasteiger charge is -2.11. The van der Waals surface area contributed by atoms with Crippen LogP contribution in [0.25, 0.3) is 11.3 Å². The second-order valence-electron chi connectivity index (χ2n) is 4.63. The molecule has 0 spiro atoms. The van der Waals surface area contributed by atoms with Crippen LogP contribution < -0.4 is 16.6 Å². The van der Waals surface area contributed by atoms with Gasteiger partial charge in [-0.3, -0.25) is 19.8 Å². The van der Waals surface area contributed by atoms with Crippen molar-refractivity contribution in [2.45, 2.75) is 12.5 Å². The number of hydrogen-bond acceptors (Lipinski definition) is 4. The van der Waals surface area contributed by atoms with Crippen molar-refractivity contribution in [3.8, 4) is 11.3 Å². The van der Waals surface area contributed by atoms with Gasteiger partial charge < -0.3 is 11.1 Å². The minimum Gasteiger partial charge on any atom is -0.325 e. The first-order valence-corrected chi connectivity index (χ1v) is 7.93. The second-order valence-corrected chi connectivity index (χ2v) is 5.61. The molecule has 1 atom stereocenters. The van der Waals surface area contributed by atoms with Crippen LogP contribution in [-0.2, 0) is 4.79 Å². The number of thioether (sulfide) groups is 1. The SMILES string of the molecule is CSCC[C@@H](N)C(=O)Nc1ccc(-c2cc(=O)[nH][nH]2)cc1. The average molecular weight is 306 g/mol. The Hall–Kier alpha value is -1.99. The highest BCUT2D eigenvalue weighted by Gasteiger charge is 2.13. The zero-order chi connectivity index (χ0) is 15.2. The number of carbonyl (C=O) groups excluding carboxylic acids is 1. The number of anilines is 1. The van der Waals surface area contributed by atoms with Crippen LogP contribution >= 0.6 is 11.8 Å². The summed E-state index contributed by atoms with van der Waals surface area (Å²) in [5, 5.41) is 8.04. The number of aromatic amines is 2. The molecule has 0 saturated carbocycles. The summed E-state index contributed by atoms with van der Waals surface area (Å²) in [5.41, 5.74) is 7.87. The van der Waals surface area contributed by atoms with E-state index in [1.54, 1.807) is 23.9 Å². The Bertz CT molecular complexity index is 647. The van der Waals surface area contributed by atoms with Gasteiger partial charge in [0.15, 0.2) is 0 Å². The summed E-state index contributed by atoms with van der Waals surface area (Å²) in [6, 6.07) is 8.17. The van der Waals surface area contributed by atoms with Crippen LogP contribution in [0.1, 0.15) is 6.42 Å². The Kier molecular flexibility index (Phi) is 5.24. The van der Waals surface area contributed by atoms with Gasteiger partial charge in [0.05, 0.1) is 11.7 Å². The molecule has 0 aliphatic carbocycles. The fraction of sp³-hybridized carbons (Fsp3) is 0.286. The van der Waals surface area contributed by atoms with Crippen LogP contribution in [0.2, 0.25) is 0 Å². The van der Waals surface area contributed by atoms with Crippen LogP contribution in [0.15, 0.2) is 35.1 Å². The van der Waals surface area contributed by atoms with E-state index in [0.717, 1.165) is 11.3 Å². The lowest BCUT2D eigenvalue weighted by Crippen LogP contribution is -2.36. The Morgan fingerprint density at radius 1 is 1.33 bits per heavy atom. The van der Waals surface area contributed by atoms with Gasteiger partial charge in [-0.1, -0.05) is 12.1 Å². The van der Waals surface area contributed by atoms with Crippen LogP contribution in [0.5, 0.6) is 0 Å². The summed E-state index contributed by atoms with van der Waals surface area (Å²) in [7, 11) is 0. The van der Waals surface area contributed by atoms with E-state index in [0.29, 0.717) is 17.8 Å². The highest BCUT2D eigenvalue weighted by atomic mass is 32.2. The fourth-order valence-corrected chi connectivity index (χ4v) is 2.32. The lowest BCUT2D eigenvalue weighted by molar-refractivity contribution is -0.117. The number of aromatic nitrogens is 2. The van der Waals surface area contributed by atoms with E-state index >= 15 is 0 Å². The minimum absolute atomic E-state index is 0.179. The van der Waals surface area contributed by atoms with E-state index in [9.17, 15) is 9.59 Å². The van der Waals surface area contributed by atoms with Crippen LogP contribution in [-0.4, -0.2) is 34.2 Å². The average Bonchev–Trinajstić information content (AvgIpc) is 2.92. The topological polar surface area (TPSA) is 104 Å². The summed E-state index contributed by atoms with van der Waals surface area (Å²) in [4.78, 5) is 23.0. The molecule has 0 bridgehead atoms. The zero-order valence-corrected chi connectivity index (χ0v) is 12.5. The third kappa shape index (κ3) is 4.24. The first kappa shape index (κ1) is 15.4. The Morgan fingerprint density at radius 2 is 2.05 bits per heavy atom. The zero-order valence-electron chi connectivity index (χ0n) is 11.7. The molecule has 21 heavy (non-hydrogen) atoms. The molecule has 1 aromatic carbocycles. The molecule has 0 saturated heterocycles. The van der Waals surface area contributed by atoms with E-state index in [2.05, 4.69) is 15.5 Å². The standard InChI is InChI=1S/C14H18N4O2S/c1-21-7-6-11(15)14(20)16-10-4-2-9(3-5-10)12-8-13(19)18-17-12/h2-5,8,11H,6-7,15H2,1H3,(H,16,20)(H2,17,18,19)/t11-/m1/s1. The summed E-state index contributed by atoms with van der Waals surface area (Å²) < 4.78 is 0. The number of nitrogens with one attached hydrogen (secondary N) is 3. The Balaban J connectivity index is 1.99. The van der Waals surface area contributed by atoms with Crippen molar-refractivity contribution in [3.05, 3.63) is 40.7 Å². The van der Waals surface area contributed by atoms with Crippen molar-refractivity contribution >= 4 is 23.4 Å². The molecule has 1 heterocycles. The summed E-state index contributed by atoms with van der Waals surface area (Å²) in [6.45, 7) is 0. The van der Waals surface area contributed by atoms with Gasteiger partial charge in [0.25, 0.3) is 5.56 Å². The van der Waals surface area contributed by atoms with Gasteiger partial charge in [-0.05, 0) is 36.1 Å². The molecule has 1 amide bonds. The molecule has 6 nitrogen and oxygen atoms in total. The molecule has 1 aromatic heterocycles. The maximum absolute atomic E-state index is 11.9. The monoisotopic (exact) mass is 306 g/mol. The first-order valence-electron chi connectivity index (χ1n) is 6.53. The van der Waals surface area contributed by atoms with Crippen molar-refractivity contribution in [3.63, 3.8) is 0 Å². The van der Waals surface area contributed by atoms with E-state index in [1.165, 1.54) is 6.07 Å². The fourth-order valence-electron chi connectivity index (χ4n) is 1.83. The summed E-state index contributed by atoms with van der Waals surface area (Å²) >= 11 is 1.66. The molecule has 0 unspecified atom stereocenters. The number of hydrogen-bond donors (Lipinski definition) is 4. The molecule has 0 aliphatic rings. The summed E-state index contributed by atoms with van der Waals surface area (Å²) in [5.74, 6) is 0.667. The normalized spacial score (nSPS) is 12.1. The molecule has 2 rings (SSSR count). The van der Waals surface area contributed by atoms with Crippen LogP contribution in [0, 0.1) is 0 Å². The predicted molar refractivity (Wildman–Crippen MR) is 86.5 cm³/mol. The van der Waals surface area contributed by atoms with Crippen molar-refractivity contribution in [1.29, 1.82) is 0 Å². The maximum atomic E-state index is 11.9. The quantitative estimate of drug-likeness (QED) is 0.647. The molecule has 0 radical (unpaired) electrons. The van der Waals surface area contributed by atoms with Gasteiger partial charge in [0, 0.05) is 11.8 Å². The molecule has 0 aliphatic heterocycles. The molecular formula is C14H18N4O2S.